The number of ether oxygens (including phenoxy) is 1. The molecule has 2 fully saturated rings. The smallest absolute Gasteiger partial charge is 0.237 e. The summed E-state index contributed by atoms with van der Waals surface area (Å²) in [5, 5.41) is 13.2. The Balaban J connectivity index is 1.49. The van der Waals surface area contributed by atoms with Gasteiger partial charge in [-0.05, 0) is 11.6 Å². The van der Waals surface area contributed by atoms with Gasteiger partial charge in [-0.1, -0.05) is 18.2 Å². The molecule has 6 nitrogen and oxygen atoms in total. The van der Waals surface area contributed by atoms with Crippen LogP contribution in [0.2, 0.25) is 0 Å². The lowest BCUT2D eigenvalue weighted by Crippen LogP contribution is -2.70. The summed E-state index contributed by atoms with van der Waals surface area (Å²) in [5.41, 5.74) is 2.35. The maximum absolute atomic E-state index is 12.7. The Labute approximate surface area is 136 Å². The fourth-order valence-corrected chi connectivity index (χ4v) is 4.15. The molecule has 3 atom stereocenters. The average molecular weight is 317 g/mol. The van der Waals surface area contributed by atoms with Crippen molar-refractivity contribution in [1.82, 2.24) is 9.80 Å². The van der Waals surface area contributed by atoms with Crippen LogP contribution in [-0.2, 0) is 9.53 Å². The van der Waals surface area contributed by atoms with Gasteiger partial charge in [0.05, 0.1) is 38.4 Å². The molecule has 1 amide bonds. The van der Waals surface area contributed by atoms with Crippen molar-refractivity contribution < 1.29 is 14.6 Å². The minimum Gasteiger partial charge on any atom is -0.394 e. The molecule has 0 aromatic heterocycles. The van der Waals surface area contributed by atoms with Gasteiger partial charge in [-0.15, -0.1) is 0 Å². The number of fused-ring (bicyclic) bond motifs is 3. The van der Waals surface area contributed by atoms with Crippen LogP contribution in [0.25, 0.3) is 0 Å². The van der Waals surface area contributed by atoms with Gasteiger partial charge in [-0.3, -0.25) is 9.69 Å². The van der Waals surface area contributed by atoms with Crippen LogP contribution in [0.15, 0.2) is 24.3 Å². The molecule has 3 aliphatic heterocycles. The third-order valence-corrected chi connectivity index (χ3v) is 5.30. The van der Waals surface area contributed by atoms with Crippen molar-refractivity contribution in [2.45, 2.75) is 18.0 Å². The number of amides is 1. The van der Waals surface area contributed by atoms with Crippen LogP contribution < -0.4 is 5.32 Å². The van der Waals surface area contributed by atoms with E-state index in [9.17, 15) is 9.90 Å². The molecule has 1 aromatic carbocycles. The van der Waals surface area contributed by atoms with E-state index in [4.69, 9.17) is 4.74 Å². The number of carbonyl (C=O) groups excluding carboxylic acids is 1. The predicted molar refractivity (Wildman–Crippen MR) is 86.4 cm³/mol. The number of nitrogens with one attached hydrogen (secondary N) is 1. The second kappa shape index (κ2) is 6.11. The number of para-hydroxylation sites is 1. The first-order valence-corrected chi connectivity index (χ1v) is 8.34. The summed E-state index contributed by atoms with van der Waals surface area (Å²) in [4.78, 5) is 16.8. The van der Waals surface area contributed by atoms with Crippen molar-refractivity contribution in [3.63, 3.8) is 0 Å². The van der Waals surface area contributed by atoms with Crippen molar-refractivity contribution in [2.24, 2.45) is 0 Å². The Hall–Kier alpha value is -1.63. The van der Waals surface area contributed by atoms with Crippen molar-refractivity contribution in [1.29, 1.82) is 0 Å². The molecule has 0 saturated carbocycles. The zero-order chi connectivity index (χ0) is 15.8. The van der Waals surface area contributed by atoms with Gasteiger partial charge in [0.1, 0.15) is 0 Å². The van der Waals surface area contributed by atoms with E-state index in [0.29, 0.717) is 19.8 Å². The Kier molecular flexibility index (Phi) is 3.97. The van der Waals surface area contributed by atoms with E-state index >= 15 is 0 Å². The lowest BCUT2D eigenvalue weighted by Gasteiger charge is -2.57. The summed E-state index contributed by atoms with van der Waals surface area (Å²) in [5.74, 6) is 0.361. The van der Waals surface area contributed by atoms with Crippen molar-refractivity contribution in [3.05, 3.63) is 29.8 Å². The van der Waals surface area contributed by atoms with Crippen LogP contribution in [-0.4, -0.2) is 78.9 Å². The molecule has 0 unspecified atom stereocenters. The predicted octanol–water partition coefficient (Wildman–Crippen LogP) is 0.0996. The van der Waals surface area contributed by atoms with Gasteiger partial charge in [0, 0.05) is 31.2 Å². The molecule has 0 aliphatic carbocycles. The largest absolute Gasteiger partial charge is 0.394 e. The number of carbonyl (C=O) groups is 1. The minimum absolute atomic E-state index is 0.0182. The summed E-state index contributed by atoms with van der Waals surface area (Å²) in [6.45, 7) is 4.19. The second-order valence-corrected chi connectivity index (χ2v) is 6.50. The number of hydrogen-bond donors (Lipinski definition) is 2. The summed E-state index contributed by atoms with van der Waals surface area (Å²) in [7, 11) is 0. The summed E-state index contributed by atoms with van der Waals surface area (Å²) < 4.78 is 5.33. The fraction of sp³-hybridized carbons (Fsp3) is 0.588. The Morgan fingerprint density at radius 3 is 2.87 bits per heavy atom. The van der Waals surface area contributed by atoms with Crippen molar-refractivity contribution >= 4 is 11.6 Å². The molecule has 0 bridgehead atoms. The highest BCUT2D eigenvalue weighted by Gasteiger charge is 2.53. The van der Waals surface area contributed by atoms with E-state index in [0.717, 1.165) is 25.3 Å². The van der Waals surface area contributed by atoms with E-state index in [1.807, 2.05) is 17.0 Å². The number of anilines is 1. The van der Waals surface area contributed by atoms with Gasteiger partial charge in [-0.25, -0.2) is 0 Å². The van der Waals surface area contributed by atoms with E-state index in [1.165, 1.54) is 5.56 Å². The number of nitrogens with zero attached hydrogens (tertiary/aromatic N) is 2. The van der Waals surface area contributed by atoms with Crippen LogP contribution in [0.5, 0.6) is 0 Å². The molecule has 3 aliphatic rings. The highest BCUT2D eigenvalue weighted by molar-refractivity contribution is 5.81. The van der Waals surface area contributed by atoms with Crippen LogP contribution in [0.3, 0.4) is 0 Å². The summed E-state index contributed by atoms with van der Waals surface area (Å²) >= 11 is 0. The van der Waals surface area contributed by atoms with Crippen LogP contribution >= 0.6 is 0 Å². The van der Waals surface area contributed by atoms with Gasteiger partial charge in [0.2, 0.25) is 5.91 Å². The third kappa shape index (κ3) is 2.51. The maximum Gasteiger partial charge on any atom is 0.237 e. The van der Waals surface area contributed by atoms with Gasteiger partial charge in [0.15, 0.2) is 0 Å². The molecule has 0 radical (unpaired) electrons. The molecule has 6 heteroatoms. The van der Waals surface area contributed by atoms with Crippen molar-refractivity contribution in [2.75, 3.05) is 51.3 Å². The van der Waals surface area contributed by atoms with E-state index < -0.39 is 0 Å². The molecule has 0 spiro atoms. The second-order valence-electron chi connectivity index (χ2n) is 6.50. The van der Waals surface area contributed by atoms with Gasteiger partial charge < -0.3 is 20.1 Å². The van der Waals surface area contributed by atoms with Crippen molar-refractivity contribution in [3.8, 4) is 0 Å². The molecular formula is C17H23N3O3. The first-order valence-electron chi connectivity index (χ1n) is 8.34. The number of aliphatic hydroxyl groups excluding tert-OH is 1. The Morgan fingerprint density at radius 1 is 1.30 bits per heavy atom. The lowest BCUT2D eigenvalue weighted by molar-refractivity contribution is -0.152. The van der Waals surface area contributed by atoms with E-state index in [1.54, 1.807) is 0 Å². The average Bonchev–Trinajstić information content (AvgIpc) is 2.56. The minimum atomic E-state index is -0.100. The highest BCUT2D eigenvalue weighted by Crippen LogP contribution is 2.46. The number of likely N-dealkylation sites (tertiary alicyclic amines) is 1. The van der Waals surface area contributed by atoms with Gasteiger partial charge >= 0.3 is 0 Å². The molecule has 3 heterocycles. The molecule has 1 aromatic rings. The van der Waals surface area contributed by atoms with Crippen LogP contribution in [0.4, 0.5) is 5.69 Å². The van der Waals surface area contributed by atoms with E-state index in [2.05, 4.69) is 22.3 Å². The molecule has 4 rings (SSSR count). The SMILES string of the molecule is O=C(CN1CCOCC1)N1[C@H](CO)[C@H]2c3ccccc3NC[C@H]21. The van der Waals surface area contributed by atoms with Crippen LogP contribution in [0.1, 0.15) is 11.5 Å². The first kappa shape index (κ1) is 14.9. The zero-order valence-corrected chi connectivity index (χ0v) is 13.1. The number of aliphatic hydroxyl groups is 1. The Bertz CT molecular complexity index is 588. The molecule has 2 saturated heterocycles. The highest BCUT2D eigenvalue weighted by atomic mass is 16.5. The van der Waals surface area contributed by atoms with Gasteiger partial charge in [0.25, 0.3) is 0 Å². The lowest BCUT2D eigenvalue weighted by atomic mass is 9.72. The summed E-state index contributed by atoms with van der Waals surface area (Å²) in [6.07, 6.45) is 0. The standard InChI is InChI=1S/C17H23N3O3/c21-11-15-17-12-3-1-2-4-13(12)18-9-14(17)20(15)16(22)10-19-5-7-23-8-6-19/h1-4,14-15,17-18,21H,5-11H2/t14-,15-,17+/m1/s1. The molecule has 2 N–H and O–H groups in total. The Morgan fingerprint density at radius 2 is 2.09 bits per heavy atom. The monoisotopic (exact) mass is 317 g/mol. The quantitative estimate of drug-likeness (QED) is 0.828. The number of hydrogen-bond acceptors (Lipinski definition) is 5. The fourth-order valence-electron chi connectivity index (χ4n) is 4.15. The number of benzene rings is 1. The molecular weight excluding hydrogens is 294 g/mol. The number of rotatable bonds is 3. The topological polar surface area (TPSA) is 65.0 Å². The number of morpholine rings is 1. The maximum atomic E-state index is 12.7. The van der Waals surface area contributed by atoms with Crippen LogP contribution in [0, 0.1) is 0 Å². The van der Waals surface area contributed by atoms with Gasteiger partial charge in [-0.2, -0.15) is 0 Å². The first-order chi connectivity index (χ1) is 11.3. The third-order valence-electron chi connectivity index (χ3n) is 5.30. The zero-order valence-electron chi connectivity index (χ0n) is 13.1. The summed E-state index contributed by atoms with van der Waals surface area (Å²) in [6, 6.07) is 8.26. The molecule has 23 heavy (non-hydrogen) atoms. The normalized spacial score (nSPS) is 30.0. The molecule has 124 valence electrons. The van der Waals surface area contributed by atoms with E-state index in [-0.39, 0.29) is 30.5 Å².